The summed E-state index contributed by atoms with van der Waals surface area (Å²) in [6.45, 7) is 0.900. The van der Waals surface area contributed by atoms with E-state index in [2.05, 4.69) is 30.6 Å². The molecule has 1 saturated heterocycles. The highest BCUT2D eigenvalue weighted by Crippen LogP contribution is 2.31. The van der Waals surface area contributed by atoms with Crippen LogP contribution >= 0.6 is 0 Å². The zero-order valence-corrected chi connectivity index (χ0v) is 22.9. The molecular weight excluding hydrogens is 532 g/mol. The largest absolute Gasteiger partial charge is 0.497 e. The number of anilines is 4. The van der Waals surface area contributed by atoms with Gasteiger partial charge >= 0.3 is 0 Å². The quantitative estimate of drug-likeness (QED) is 0.223. The summed E-state index contributed by atoms with van der Waals surface area (Å²) >= 11 is 0. The summed E-state index contributed by atoms with van der Waals surface area (Å²) in [6, 6.07) is 18.5. The van der Waals surface area contributed by atoms with Crippen molar-refractivity contribution in [1.82, 2.24) is 15.3 Å². The number of methoxy groups -OCH3 is 2. The highest BCUT2D eigenvalue weighted by Gasteiger charge is 2.21. The van der Waals surface area contributed by atoms with E-state index in [9.17, 15) is 13.2 Å². The van der Waals surface area contributed by atoms with Crippen LogP contribution in [-0.2, 0) is 14.8 Å². The number of ether oxygens (including phenoxy) is 2. The second-order valence-corrected chi connectivity index (χ2v) is 11.0. The number of fused-ring (bicyclic) bond motifs is 1. The zero-order chi connectivity index (χ0) is 28.1. The minimum absolute atomic E-state index is 0.00207. The maximum atomic E-state index is 13.5. The lowest BCUT2D eigenvalue weighted by Gasteiger charge is -2.15. The zero-order valence-electron chi connectivity index (χ0n) is 22.1. The number of carbonyl (C=O) groups is 1. The molecule has 40 heavy (non-hydrogen) atoms. The fraction of sp³-hybridized carbons (Fsp3) is 0.250. The van der Waals surface area contributed by atoms with Crippen LogP contribution in [0.15, 0.2) is 71.6 Å². The number of carbonyl (C=O) groups excluding carboxylic acids is 1. The van der Waals surface area contributed by atoms with E-state index in [-0.39, 0.29) is 28.5 Å². The molecule has 1 atom stereocenters. The van der Waals surface area contributed by atoms with Crippen LogP contribution in [0.2, 0.25) is 0 Å². The first-order valence-electron chi connectivity index (χ1n) is 12.8. The van der Waals surface area contributed by atoms with Gasteiger partial charge in [-0.2, -0.15) is 0 Å². The van der Waals surface area contributed by atoms with Crippen molar-refractivity contribution in [3.63, 3.8) is 0 Å². The molecule has 1 aliphatic heterocycles. The summed E-state index contributed by atoms with van der Waals surface area (Å²) in [6.07, 6.45) is 2.31. The van der Waals surface area contributed by atoms with Crippen LogP contribution in [0.5, 0.6) is 11.5 Å². The first-order chi connectivity index (χ1) is 19.3. The maximum Gasteiger partial charge on any atom is 0.263 e. The van der Waals surface area contributed by atoms with Gasteiger partial charge in [0, 0.05) is 42.0 Å². The monoisotopic (exact) mass is 562 g/mol. The van der Waals surface area contributed by atoms with Crippen LogP contribution in [0, 0.1) is 0 Å². The Kier molecular flexibility index (Phi) is 7.99. The maximum absolute atomic E-state index is 13.5. The predicted octanol–water partition coefficient (Wildman–Crippen LogP) is 4.27. The van der Waals surface area contributed by atoms with E-state index in [0.717, 1.165) is 19.4 Å². The fourth-order valence-electron chi connectivity index (χ4n) is 4.47. The van der Waals surface area contributed by atoms with Gasteiger partial charge in [0.05, 0.1) is 30.1 Å². The van der Waals surface area contributed by atoms with Crippen molar-refractivity contribution in [2.24, 2.45) is 0 Å². The molecule has 0 saturated carbocycles. The average molecular weight is 563 g/mol. The van der Waals surface area contributed by atoms with E-state index in [1.807, 2.05) is 6.07 Å². The van der Waals surface area contributed by atoms with Crippen LogP contribution in [0.1, 0.15) is 19.3 Å². The van der Waals surface area contributed by atoms with E-state index in [1.165, 1.54) is 26.4 Å². The standard InChI is InChI=1S/C28H30N6O5S/c1-38-21-13-20(14-22(17-21)39-2)31-27-28(33-25-11-4-3-10-24(25)32-27)34-40(36,37)23-9-5-7-19(15-23)30-26(35)16-18-8-6-12-29-18/h3-5,7,9-11,13-15,17-18,29H,6,8,12,16H2,1-2H3,(H,30,35)(H,31,32)(H,33,34)/t18-/m0/s1. The van der Waals surface area contributed by atoms with Gasteiger partial charge in [-0.05, 0) is 49.7 Å². The minimum Gasteiger partial charge on any atom is -0.497 e. The first-order valence-corrected chi connectivity index (χ1v) is 14.2. The van der Waals surface area contributed by atoms with E-state index >= 15 is 0 Å². The lowest BCUT2D eigenvalue weighted by Crippen LogP contribution is -2.27. The number of para-hydroxylation sites is 2. The molecule has 11 nitrogen and oxygen atoms in total. The van der Waals surface area contributed by atoms with Gasteiger partial charge in [0.15, 0.2) is 11.6 Å². The minimum atomic E-state index is -4.11. The Balaban J connectivity index is 1.43. The number of hydrogen-bond acceptors (Lipinski definition) is 9. The van der Waals surface area contributed by atoms with Gasteiger partial charge in [0.25, 0.3) is 10.0 Å². The van der Waals surface area contributed by atoms with Crippen molar-refractivity contribution >= 4 is 50.0 Å². The average Bonchev–Trinajstić information content (AvgIpc) is 3.46. The lowest BCUT2D eigenvalue weighted by atomic mass is 10.1. The molecule has 3 aromatic carbocycles. The number of amides is 1. The molecule has 1 aromatic heterocycles. The Bertz CT molecular complexity index is 1620. The highest BCUT2D eigenvalue weighted by atomic mass is 32.2. The molecule has 0 spiro atoms. The van der Waals surface area contributed by atoms with E-state index < -0.39 is 10.0 Å². The molecule has 12 heteroatoms. The third kappa shape index (κ3) is 6.41. The van der Waals surface area contributed by atoms with Crippen LogP contribution < -0.4 is 30.1 Å². The van der Waals surface area contributed by atoms with Gasteiger partial charge in [-0.3, -0.25) is 9.52 Å². The molecule has 0 unspecified atom stereocenters. The Morgan fingerprint density at radius 2 is 1.62 bits per heavy atom. The van der Waals surface area contributed by atoms with Gasteiger partial charge < -0.3 is 25.4 Å². The van der Waals surface area contributed by atoms with Crippen molar-refractivity contribution < 1.29 is 22.7 Å². The molecule has 1 amide bonds. The summed E-state index contributed by atoms with van der Waals surface area (Å²) in [5.41, 5.74) is 2.03. The SMILES string of the molecule is COc1cc(Nc2nc3ccccc3nc2NS(=O)(=O)c2cccc(NC(=O)C[C@@H]3CCCN3)c2)cc(OC)c1. The lowest BCUT2D eigenvalue weighted by molar-refractivity contribution is -0.116. The number of nitrogens with zero attached hydrogens (tertiary/aromatic N) is 2. The van der Waals surface area contributed by atoms with E-state index in [4.69, 9.17) is 9.47 Å². The summed E-state index contributed by atoms with van der Waals surface area (Å²) in [5, 5.41) is 9.22. The van der Waals surface area contributed by atoms with Gasteiger partial charge in [-0.1, -0.05) is 18.2 Å². The molecule has 1 aliphatic rings. The number of sulfonamides is 1. The summed E-state index contributed by atoms with van der Waals surface area (Å²) in [5.74, 6) is 1.09. The van der Waals surface area contributed by atoms with Crippen molar-refractivity contribution in [3.8, 4) is 11.5 Å². The third-order valence-corrected chi connectivity index (χ3v) is 7.77. The molecule has 5 rings (SSSR count). The molecule has 2 heterocycles. The molecule has 208 valence electrons. The molecule has 4 aromatic rings. The summed E-state index contributed by atoms with van der Waals surface area (Å²) < 4.78 is 40.2. The Labute approximate surface area is 232 Å². The normalized spacial score (nSPS) is 15.0. The van der Waals surface area contributed by atoms with E-state index in [1.54, 1.807) is 48.5 Å². The number of aromatic nitrogens is 2. The molecule has 0 radical (unpaired) electrons. The predicted molar refractivity (Wildman–Crippen MR) is 154 cm³/mol. The summed E-state index contributed by atoms with van der Waals surface area (Å²) in [4.78, 5) is 21.6. The Hall–Kier alpha value is -4.42. The van der Waals surface area contributed by atoms with Gasteiger partial charge in [-0.25, -0.2) is 18.4 Å². The third-order valence-electron chi connectivity index (χ3n) is 6.44. The van der Waals surface area contributed by atoms with Gasteiger partial charge in [0.2, 0.25) is 5.91 Å². The van der Waals surface area contributed by atoms with Crippen LogP contribution in [0.25, 0.3) is 11.0 Å². The van der Waals surface area contributed by atoms with Crippen molar-refractivity contribution in [3.05, 3.63) is 66.7 Å². The number of benzene rings is 3. The molecule has 0 aliphatic carbocycles. The number of hydrogen-bond donors (Lipinski definition) is 4. The van der Waals surface area contributed by atoms with Crippen molar-refractivity contribution in [2.45, 2.75) is 30.2 Å². The smallest absolute Gasteiger partial charge is 0.263 e. The summed E-state index contributed by atoms with van der Waals surface area (Å²) in [7, 11) is -1.03. The fourth-order valence-corrected chi connectivity index (χ4v) is 5.52. The Morgan fingerprint density at radius 1 is 0.925 bits per heavy atom. The topological polar surface area (TPSA) is 144 Å². The first kappa shape index (κ1) is 27.2. The van der Waals surface area contributed by atoms with Crippen LogP contribution in [0.4, 0.5) is 23.0 Å². The highest BCUT2D eigenvalue weighted by molar-refractivity contribution is 7.92. The van der Waals surface area contributed by atoms with Crippen molar-refractivity contribution in [2.75, 3.05) is 36.1 Å². The molecule has 4 N–H and O–H groups in total. The van der Waals surface area contributed by atoms with Crippen LogP contribution in [-0.4, -0.2) is 51.1 Å². The Morgan fingerprint density at radius 3 is 2.27 bits per heavy atom. The molecular formula is C28H30N6O5S. The molecule has 1 fully saturated rings. The van der Waals surface area contributed by atoms with Gasteiger partial charge in [0.1, 0.15) is 11.5 Å². The second-order valence-electron chi connectivity index (χ2n) is 9.31. The number of nitrogens with one attached hydrogen (secondary N) is 4. The van der Waals surface area contributed by atoms with E-state index in [0.29, 0.717) is 40.3 Å². The molecule has 0 bridgehead atoms. The van der Waals surface area contributed by atoms with Crippen molar-refractivity contribution in [1.29, 1.82) is 0 Å². The number of rotatable bonds is 10. The van der Waals surface area contributed by atoms with Crippen LogP contribution in [0.3, 0.4) is 0 Å². The van der Waals surface area contributed by atoms with Gasteiger partial charge in [-0.15, -0.1) is 0 Å². The second kappa shape index (κ2) is 11.8.